The Morgan fingerprint density at radius 3 is 2.51 bits per heavy atom. The summed E-state index contributed by atoms with van der Waals surface area (Å²) in [6.45, 7) is 2.40. The van der Waals surface area contributed by atoms with E-state index in [1.807, 2.05) is 36.4 Å². The van der Waals surface area contributed by atoms with E-state index in [-0.39, 0.29) is 11.8 Å². The lowest BCUT2D eigenvalue weighted by Crippen LogP contribution is -2.42. The quantitative estimate of drug-likeness (QED) is 0.430. The van der Waals surface area contributed by atoms with E-state index in [2.05, 4.69) is 36.3 Å². The second kappa shape index (κ2) is 11.5. The first-order valence-corrected chi connectivity index (χ1v) is 12.2. The van der Waals surface area contributed by atoms with Crippen LogP contribution >= 0.6 is 15.9 Å². The summed E-state index contributed by atoms with van der Waals surface area (Å²) in [6, 6.07) is 11.4. The van der Waals surface area contributed by atoms with E-state index < -0.39 is 0 Å². The molecule has 2 aromatic carbocycles. The van der Waals surface area contributed by atoms with Crippen LogP contribution in [0.15, 0.2) is 45.4 Å². The highest BCUT2D eigenvalue weighted by Crippen LogP contribution is 2.38. The number of halogens is 1. The molecule has 1 amide bonds. The van der Waals surface area contributed by atoms with Crippen molar-refractivity contribution in [1.29, 1.82) is 0 Å². The van der Waals surface area contributed by atoms with Crippen molar-refractivity contribution in [2.45, 2.75) is 25.9 Å². The third-order valence-corrected chi connectivity index (χ3v) is 6.53. The molecule has 1 unspecified atom stereocenters. The van der Waals surface area contributed by atoms with Gasteiger partial charge in [0.1, 0.15) is 0 Å². The Morgan fingerprint density at radius 2 is 1.86 bits per heavy atom. The van der Waals surface area contributed by atoms with Gasteiger partial charge in [0, 0.05) is 23.1 Å². The van der Waals surface area contributed by atoms with Crippen molar-refractivity contribution >= 4 is 21.8 Å². The monoisotopic (exact) mass is 544 g/mol. The number of carbonyl (C=O) groups excluding carboxylic acids is 1. The molecule has 1 aliphatic heterocycles. The van der Waals surface area contributed by atoms with Gasteiger partial charge in [-0.05, 0) is 61.3 Å². The van der Waals surface area contributed by atoms with Crippen LogP contribution in [0.3, 0.4) is 0 Å². The van der Waals surface area contributed by atoms with Gasteiger partial charge in [0.2, 0.25) is 23.4 Å². The molecule has 10 heteroatoms. The van der Waals surface area contributed by atoms with Gasteiger partial charge in [-0.15, -0.1) is 0 Å². The summed E-state index contributed by atoms with van der Waals surface area (Å²) in [5.41, 5.74) is 1.76. The lowest BCUT2D eigenvalue weighted by atomic mass is 9.97. The van der Waals surface area contributed by atoms with Crippen LogP contribution in [-0.2, 0) is 17.9 Å². The van der Waals surface area contributed by atoms with Gasteiger partial charge in [0.25, 0.3) is 0 Å². The molecule has 35 heavy (non-hydrogen) atoms. The van der Waals surface area contributed by atoms with E-state index in [1.54, 1.807) is 21.3 Å². The van der Waals surface area contributed by atoms with Crippen molar-refractivity contribution in [2.75, 3.05) is 34.4 Å². The first kappa shape index (κ1) is 25.0. The molecule has 3 aromatic rings. The van der Waals surface area contributed by atoms with Crippen LogP contribution in [0.5, 0.6) is 17.2 Å². The summed E-state index contributed by atoms with van der Waals surface area (Å²) in [5, 5.41) is 7.15. The van der Waals surface area contributed by atoms with Gasteiger partial charge in [0.15, 0.2) is 11.5 Å². The van der Waals surface area contributed by atoms with Gasteiger partial charge in [-0.25, -0.2) is 0 Å². The number of nitrogens with zero attached hydrogens (tertiary/aromatic N) is 3. The third kappa shape index (κ3) is 6.12. The fourth-order valence-corrected chi connectivity index (χ4v) is 4.48. The predicted octanol–water partition coefficient (Wildman–Crippen LogP) is 4.05. The second-order valence-corrected chi connectivity index (χ2v) is 9.26. The molecular weight excluding hydrogens is 516 g/mol. The SMILES string of the molecule is COc1cc(CNC(=O)C2CCCN(Cc3nc(-c4ccc(Br)cc4)no3)C2)cc(OC)c1OC. The van der Waals surface area contributed by atoms with Crippen LogP contribution in [0.2, 0.25) is 0 Å². The Bertz CT molecular complexity index is 1130. The molecule has 0 radical (unpaired) electrons. The largest absolute Gasteiger partial charge is 0.493 e. The van der Waals surface area contributed by atoms with Crippen molar-refractivity contribution in [3.05, 3.63) is 52.3 Å². The highest BCUT2D eigenvalue weighted by Gasteiger charge is 2.27. The minimum Gasteiger partial charge on any atom is -0.493 e. The van der Waals surface area contributed by atoms with E-state index >= 15 is 0 Å². The zero-order chi connectivity index (χ0) is 24.8. The molecule has 1 saturated heterocycles. The summed E-state index contributed by atoms with van der Waals surface area (Å²) in [6.07, 6.45) is 1.77. The molecule has 0 aliphatic carbocycles. The highest BCUT2D eigenvalue weighted by atomic mass is 79.9. The molecule has 9 nitrogen and oxygen atoms in total. The maximum Gasteiger partial charge on any atom is 0.241 e. The molecule has 0 bridgehead atoms. The molecule has 2 heterocycles. The number of likely N-dealkylation sites (tertiary alicyclic amines) is 1. The Morgan fingerprint density at radius 1 is 1.14 bits per heavy atom. The molecule has 4 rings (SSSR count). The molecule has 186 valence electrons. The van der Waals surface area contributed by atoms with E-state index in [0.29, 0.717) is 48.6 Å². The van der Waals surface area contributed by atoms with Crippen LogP contribution in [0.1, 0.15) is 24.3 Å². The third-order valence-electron chi connectivity index (χ3n) is 6.00. The number of aromatic nitrogens is 2. The van der Waals surface area contributed by atoms with Crippen molar-refractivity contribution in [1.82, 2.24) is 20.4 Å². The molecule has 0 spiro atoms. The molecule has 1 aliphatic rings. The first-order chi connectivity index (χ1) is 17.0. The Hall–Kier alpha value is -3.11. The van der Waals surface area contributed by atoms with E-state index in [1.165, 1.54) is 0 Å². The van der Waals surface area contributed by atoms with Crippen molar-refractivity contribution in [2.24, 2.45) is 5.92 Å². The summed E-state index contributed by atoms with van der Waals surface area (Å²) >= 11 is 3.43. The minimum atomic E-state index is -0.111. The number of rotatable bonds is 9. The van der Waals surface area contributed by atoms with Gasteiger partial charge >= 0.3 is 0 Å². The number of nitrogens with one attached hydrogen (secondary N) is 1. The number of carbonyl (C=O) groups is 1. The highest BCUT2D eigenvalue weighted by molar-refractivity contribution is 9.10. The molecular formula is C25H29BrN4O5. The smallest absolute Gasteiger partial charge is 0.241 e. The zero-order valence-electron chi connectivity index (χ0n) is 20.0. The number of ether oxygens (including phenoxy) is 3. The number of amides is 1. The normalized spacial score (nSPS) is 16.1. The Balaban J connectivity index is 1.34. The van der Waals surface area contributed by atoms with Crippen LogP contribution in [0, 0.1) is 5.92 Å². The fourth-order valence-electron chi connectivity index (χ4n) is 4.21. The van der Waals surface area contributed by atoms with Crippen LogP contribution in [-0.4, -0.2) is 55.4 Å². The number of hydrogen-bond acceptors (Lipinski definition) is 8. The van der Waals surface area contributed by atoms with E-state index in [0.717, 1.165) is 35.0 Å². The van der Waals surface area contributed by atoms with Crippen molar-refractivity contribution in [3.63, 3.8) is 0 Å². The average molecular weight is 545 g/mol. The molecule has 1 aromatic heterocycles. The first-order valence-electron chi connectivity index (χ1n) is 11.4. The summed E-state index contributed by atoms with van der Waals surface area (Å²) < 4.78 is 22.6. The number of benzene rings is 2. The van der Waals surface area contributed by atoms with Gasteiger partial charge in [-0.1, -0.05) is 21.1 Å². The maximum absolute atomic E-state index is 12.9. The minimum absolute atomic E-state index is 0.0181. The zero-order valence-corrected chi connectivity index (χ0v) is 21.6. The predicted molar refractivity (Wildman–Crippen MR) is 133 cm³/mol. The number of methoxy groups -OCH3 is 3. The second-order valence-electron chi connectivity index (χ2n) is 8.34. The maximum atomic E-state index is 12.9. The lowest BCUT2D eigenvalue weighted by molar-refractivity contribution is -0.127. The van der Waals surface area contributed by atoms with Crippen molar-refractivity contribution in [3.8, 4) is 28.6 Å². The van der Waals surface area contributed by atoms with E-state index in [4.69, 9.17) is 18.7 Å². The van der Waals surface area contributed by atoms with Gasteiger partial charge in [-0.2, -0.15) is 4.98 Å². The summed E-state index contributed by atoms with van der Waals surface area (Å²) in [4.78, 5) is 19.7. The standard InChI is InChI=1S/C25H29BrN4O5/c1-32-20-11-16(12-21(33-2)23(20)34-3)13-27-25(31)18-5-4-10-30(14-18)15-22-28-24(29-35-22)17-6-8-19(26)9-7-17/h6-9,11-12,18H,4-5,10,13-15H2,1-3H3,(H,27,31). The Kier molecular flexibility index (Phi) is 8.25. The number of piperidine rings is 1. The summed E-state index contributed by atoms with van der Waals surface area (Å²) in [7, 11) is 4.70. The Labute approximate surface area is 212 Å². The molecule has 1 fully saturated rings. The van der Waals surface area contributed by atoms with Gasteiger partial charge in [0.05, 0.1) is 33.8 Å². The van der Waals surface area contributed by atoms with Gasteiger partial charge in [-0.3, -0.25) is 9.69 Å². The van der Waals surface area contributed by atoms with Crippen LogP contribution < -0.4 is 19.5 Å². The molecule has 0 saturated carbocycles. The fraction of sp³-hybridized carbons (Fsp3) is 0.400. The van der Waals surface area contributed by atoms with Crippen LogP contribution in [0.4, 0.5) is 0 Å². The van der Waals surface area contributed by atoms with Gasteiger partial charge < -0.3 is 24.1 Å². The summed E-state index contributed by atoms with van der Waals surface area (Å²) in [5.74, 6) is 2.65. The number of hydrogen-bond donors (Lipinski definition) is 1. The average Bonchev–Trinajstić information content (AvgIpc) is 3.35. The molecule has 1 atom stereocenters. The topological polar surface area (TPSA) is 99.0 Å². The lowest BCUT2D eigenvalue weighted by Gasteiger charge is -2.30. The van der Waals surface area contributed by atoms with E-state index in [9.17, 15) is 4.79 Å². The van der Waals surface area contributed by atoms with Crippen LogP contribution in [0.25, 0.3) is 11.4 Å². The van der Waals surface area contributed by atoms with Crippen molar-refractivity contribution < 1.29 is 23.5 Å². The molecule has 1 N–H and O–H groups in total.